The van der Waals surface area contributed by atoms with Crippen LogP contribution in [0.2, 0.25) is 5.02 Å². The van der Waals surface area contributed by atoms with Gasteiger partial charge in [-0.2, -0.15) is 0 Å². The van der Waals surface area contributed by atoms with Crippen molar-refractivity contribution in [2.75, 3.05) is 0 Å². The van der Waals surface area contributed by atoms with Crippen molar-refractivity contribution in [2.45, 2.75) is 19.4 Å². The van der Waals surface area contributed by atoms with Crippen LogP contribution in [0.4, 0.5) is 0 Å². The molecule has 2 aromatic heterocycles. The molecule has 0 aliphatic heterocycles. The minimum Gasteiger partial charge on any atom is -0.425 e. The Morgan fingerprint density at radius 3 is 2.70 bits per heavy atom. The summed E-state index contributed by atoms with van der Waals surface area (Å²) in [5.74, 6) is 0.573. The number of rotatable bonds is 5. The second-order valence-corrected chi connectivity index (χ2v) is 6.37. The van der Waals surface area contributed by atoms with E-state index >= 15 is 0 Å². The van der Waals surface area contributed by atoms with E-state index in [9.17, 15) is 4.79 Å². The van der Waals surface area contributed by atoms with Crippen molar-refractivity contribution in [3.05, 3.63) is 69.0 Å². The van der Waals surface area contributed by atoms with Gasteiger partial charge in [0.1, 0.15) is 6.42 Å². The van der Waals surface area contributed by atoms with E-state index in [1.54, 1.807) is 18.3 Å². The molecule has 1 aromatic carbocycles. The fourth-order valence-electron chi connectivity index (χ4n) is 2.19. The Morgan fingerprint density at radius 2 is 2.09 bits per heavy atom. The zero-order chi connectivity index (χ0) is 16.2. The van der Waals surface area contributed by atoms with Gasteiger partial charge < -0.3 is 9.73 Å². The summed E-state index contributed by atoms with van der Waals surface area (Å²) < 4.78 is 5.25. The molecule has 1 amide bonds. The molecule has 0 radical (unpaired) electrons. The first kappa shape index (κ1) is 15.7. The molecule has 7 heteroatoms. The van der Waals surface area contributed by atoms with Crippen molar-refractivity contribution >= 4 is 28.8 Å². The molecule has 0 bridgehead atoms. The quantitative estimate of drug-likeness (QED) is 0.766. The first-order valence-corrected chi connectivity index (χ1v) is 8.25. The summed E-state index contributed by atoms with van der Waals surface area (Å²) in [7, 11) is 0. The van der Waals surface area contributed by atoms with Crippen molar-refractivity contribution in [3.8, 4) is 0 Å². The van der Waals surface area contributed by atoms with Gasteiger partial charge in [0.15, 0.2) is 0 Å². The van der Waals surface area contributed by atoms with Crippen molar-refractivity contribution < 1.29 is 9.21 Å². The summed E-state index contributed by atoms with van der Waals surface area (Å²) in [6.07, 6.45) is 0.0519. The van der Waals surface area contributed by atoms with Crippen LogP contribution in [0.5, 0.6) is 0 Å². The minimum atomic E-state index is -0.233. The molecule has 5 nitrogen and oxygen atoms in total. The van der Waals surface area contributed by atoms with Crippen LogP contribution in [0, 0.1) is 6.92 Å². The van der Waals surface area contributed by atoms with Gasteiger partial charge in [0.05, 0.1) is 6.04 Å². The molecule has 0 spiro atoms. The molecule has 118 valence electrons. The Labute approximate surface area is 142 Å². The Morgan fingerprint density at radius 1 is 1.30 bits per heavy atom. The molecule has 23 heavy (non-hydrogen) atoms. The topological polar surface area (TPSA) is 68.0 Å². The maximum atomic E-state index is 12.3. The van der Waals surface area contributed by atoms with E-state index in [1.807, 2.05) is 41.8 Å². The largest absolute Gasteiger partial charge is 0.425 e. The van der Waals surface area contributed by atoms with E-state index in [1.165, 1.54) is 0 Å². The molecule has 3 aromatic rings. The van der Waals surface area contributed by atoms with E-state index in [0.717, 1.165) is 10.4 Å². The van der Waals surface area contributed by atoms with Crippen LogP contribution in [0.3, 0.4) is 0 Å². The van der Waals surface area contributed by atoms with E-state index in [2.05, 4.69) is 15.5 Å². The maximum absolute atomic E-state index is 12.3. The number of nitrogens with zero attached hydrogens (tertiary/aromatic N) is 2. The fourth-order valence-corrected chi connectivity index (χ4v) is 3.12. The summed E-state index contributed by atoms with van der Waals surface area (Å²) in [5.41, 5.74) is 0.965. The molecular weight excluding hydrogens is 334 g/mol. The Balaban J connectivity index is 1.78. The molecule has 0 aliphatic rings. The van der Waals surface area contributed by atoms with Crippen LogP contribution in [0.15, 0.2) is 46.2 Å². The van der Waals surface area contributed by atoms with E-state index < -0.39 is 0 Å². The molecular formula is C16H14ClN3O2S. The second kappa shape index (κ2) is 6.93. The van der Waals surface area contributed by atoms with Crippen LogP contribution < -0.4 is 5.32 Å². The lowest BCUT2D eigenvalue weighted by molar-refractivity contribution is -0.121. The third-order valence-corrected chi connectivity index (χ3v) is 4.41. The number of amides is 1. The number of aryl methyl sites for hydroxylation is 1. The highest BCUT2D eigenvalue weighted by atomic mass is 35.5. The first-order chi connectivity index (χ1) is 11.1. The first-order valence-electron chi connectivity index (χ1n) is 6.99. The molecule has 0 aliphatic carbocycles. The molecule has 1 N–H and O–H groups in total. The lowest BCUT2D eigenvalue weighted by Crippen LogP contribution is -2.30. The zero-order valence-corrected chi connectivity index (χ0v) is 13.9. The molecule has 0 fully saturated rings. The number of hydrogen-bond donors (Lipinski definition) is 1. The normalized spacial score (nSPS) is 12.1. The van der Waals surface area contributed by atoms with Gasteiger partial charge in [-0.25, -0.2) is 0 Å². The van der Waals surface area contributed by atoms with Crippen LogP contribution in [0.25, 0.3) is 0 Å². The highest BCUT2D eigenvalue weighted by Gasteiger charge is 2.19. The minimum absolute atomic E-state index is 0.0519. The second-order valence-electron chi connectivity index (χ2n) is 4.96. The summed E-state index contributed by atoms with van der Waals surface area (Å²) in [6, 6.07) is 11.1. The number of carbonyl (C=O) groups is 1. The lowest BCUT2D eigenvalue weighted by atomic mass is 10.1. The van der Waals surface area contributed by atoms with Gasteiger partial charge in [0.2, 0.25) is 17.7 Å². The van der Waals surface area contributed by atoms with Crippen molar-refractivity contribution in [2.24, 2.45) is 0 Å². The van der Waals surface area contributed by atoms with E-state index in [0.29, 0.717) is 16.8 Å². The summed E-state index contributed by atoms with van der Waals surface area (Å²) in [6.45, 7) is 1.69. The van der Waals surface area contributed by atoms with E-state index in [-0.39, 0.29) is 18.4 Å². The van der Waals surface area contributed by atoms with Gasteiger partial charge in [0, 0.05) is 16.8 Å². The van der Waals surface area contributed by atoms with Crippen molar-refractivity contribution in [3.63, 3.8) is 0 Å². The van der Waals surface area contributed by atoms with Gasteiger partial charge >= 0.3 is 0 Å². The van der Waals surface area contributed by atoms with Crippen molar-refractivity contribution in [1.82, 2.24) is 15.5 Å². The highest BCUT2D eigenvalue weighted by molar-refractivity contribution is 7.10. The molecule has 1 atom stereocenters. The van der Waals surface area contributed by atoms with Crippen LogP contribution in [-0.2, 0) is 11.2 Å². The summed E-state index contributed by atoms with van der Waals surface area (Å²) in [5, 5.41) is 13.2. The van der Waals surface area contributed by atoms with Gasteiger partial charge in [-0.15, -0.1) is 21.5 Å². The average Bonchev–Trinajstić information content (AvgIpc) is 3.18. The lowest BCUT2D eigenvalue weighted by Gasteiger charge is -2.17. The van der Waals surface area contributed by atoms with Crippen molar-refractivity contribution in [1.29, 1.82) is 0 Å². The van der Waals surface area contributed by atoms with Crippen LogP contribution in [0.1, 0.15) is 28.3 Å². The average molecular weight is 348 g/mol. The van der Waals surface area contributed by atoms with Gasteiger partial charge in [0.25, 0.3) is 0 Å². The maximum Gasteiger partial charge on any atom is 0.230 e. The fraction of sp³-hybridized carbons (Fsp3) is 0.188. The molecule has 2 heterocycles. The predicted molar refractivity (Wildman–Crippen MR) is 88.5 cm³/mol. The molecule has 3 rings (SSSR count). The number of carbonyl (C=O) groups excluding carboxylic acids is 1. The number of halogens is 1. The molecule has 0 saturated carbocycles. The van der Waals surface area contributed by atoms with Crippen LogP contribution in [-0.4, -0.2) is 16.1 Å². The number of benzene rings is 1. The molecule has 0 unspecified atom stereocenters. The number of hydrogen-bond acceptors (Lipinski definition) is 5. The zero-order valence-electron chi connectivity index (χ0n) is 12.3. The summed E-state index contributed by atoms with van der Waals surface area (Å²) >= 11 is 7.53. The number of thiophene rings is 1. The smallest absolute Gasteiger partial charge is 0.230 e. The van der Waals surface area contributed by atoms with Crippen LogP contribution >= 0.6 is 22.9 Å². The number of aromatic nitrogens is 2. The van der Waals surface area contributed by atoms with Gasteiger partial charge in [-0.05, 0) is 29.1 Å². The Hall–Kier alpha value is -2.18. The predicted octanol–water partition coefficient (Wildman–Crippen LogP) is 3.54. The third kappa shape index (κ3) is 3.97. The highest BCUT2D eigenvalue weighted by Crippen LogP contribution is 2.27. The standard InChI is InChI=1S/C16H14ClN3O2S/c1-10-19-20-15(22-10)9-14(21)18-16(13-3-2-8-23-13)11-4-6-12(17)7-5-11/h2-8,16H,9H2,1H3,(H,18,21)/t16-/m1/s1. The van der Waals surface area contributed by atoms with E-state index in [4.69, 9.17) is 16.0 Å². The summed E-state index contributed by atoms with van der Waals surface area (Å²) in [4.78, 5) is 13.4. The SMILES string of the molecule is Cc1nnc(CC(=O)N[C@H](c2ccc(Cl)cc2)c2cccs2)o1. The third-order valence-electron chi connectivity index (χ3n) is 3.22. The van der Waals surface area contributed by atoms with Gasteiger partial charge in [-0.3, -0.25) is 4.79 Å². The van der Waals surface area contributed by atoms with Gasteiger partial charge in [-0.1, -0.05) is 29.8 Å². The Kier molecular flexibility index (Phi) is 4.73. The molecule has 0 saturated heterocycles. The monoisotopic (exact) mass is 347 g/mol. The Bertz CT molecular complexity index is 784. The number of nitrogens with one attached hydrogen (secondary N) is 1.